The van der Waals surface area contributed by atoms with E-state index < -0.39 is 0 Å². The average molecular weight is 308 g/mol. The van der Waals surface area contributed by atoms with Crippen molar-refractivity contribution in [2.45, 2.75) is 37.5 Å². The van der Waals surface area contributed by atoms with Crippen LogP contribution in [0, 0.1) is 5.92 Å². The Hall–Kier alpha value is -1.60. The standard InChI is InChI=1S/C15H24N4O3/c1-19-7-6-16-14(19)13-11(5-8-22-13)17-15(20)18-12(9-21-2)10-3-4-10/h6-7,10-13H,3-5,8-9H2,1-2H3,(H2,17,18,20)/t11-,12-,13-/m0/s1. The van der Waals surface area contributed by atoms with Gasteiger partial charge in [0.1, 0.15) is 11.9 Å². The van der Waals surface area contributed by atoms with E-state index in [1.807, 2.05) is 17.8 Å². The number of nitrogens with zero attached hydrogens (tertiary/aromatic N) is 2. The van der Waals surface area contributed by atoms with Crippen LogP contribution in [-0.4, -0.2) is 48.0 Å². The lowest BCUT2D eigenvalue weighted by Gasteiger charge is -2.22. The number of aromatic nitrogens is 2. The Morgan fingerprint density at radius 1 is 1.55 bits per heavy atom. The number of amides is 2. The molecule has 1 aromatic heterocycles. The van der Waals surface area contributed by atoms with Crippen molar-refractivity contribution in [1.82, 2.24) is 20.2 Å². The van der Waals surface area contributed by atoms with Gasteiger partial charge in [0, 0.05) is 33.2 Å². The first-order valence-corrected chi connectivity index (χ1v) is 7.84. The van der Waals surface area contributed by atoms with Crippen molar-refractivity contribution in [3.05, 3.63) is 18.2 Å². The third kappa shape index (κ3) is 3.41. The van der Waals surface area contributed by atoms with Crippen LogP contribution in [0.25, 0.3) is 0 Å². The Bertz CT molecular complexity index is 515. The van der Waals surface area contributed by atoms with Gasteiger partial charge in [-0.05, 0) is 25.2 Å². The number of carbonyl (C=O) groups is 1. The van der Waals surface area contributed by atoms with Gasteiger partial charge in [0.15, 0.2) is 0 Å². The van der Waals surface area contributed by atoms with Gasteiger partial charge < -0.3 is 24.7 Å². The maximum atomic E-state index is 12.3. The van der Waals surface area contributed by atoms with Crippen molar-refractivity contribution >= 4 is 6.03 Å². The van der Waals surface area contributed by atoms with Crippen LogP contribution in [0.4, 0.5) is 4.79 Å². The van der Waals surface area contributed by atoms with Gasteiger partial charge in [-0.1, -0.05) is 0 Å². The summed E-state index contributed by atoms with van der Waals surface area (Å²) in [6.45, 7) is 1.19. The lowest BCUT2D eigenvalue weighted by molar-refractivity contribution is 0.0903. The van der Waals surface area contributed by atoms with E-state index in [2.05, 4.69) is 15.6 Å². The molecule has 3 rings (SSSR count). The zero-order chi connectivity index (χ0) is 15.5. The summed E-state index contributed by atoms with van der Waals surface area (Å²) in [6, 6.07) is -0.105. The van der Waals surface area contributed by atoms with Crippen LogP contribution in [0.3, 0.4) is 0 Å². The van der Waals surface area contributed by atoms with Crippen LogP contribution < -0.4 is 10.6 Å². The van der Waals surface area contributed by atoms with E-state index in [9.17, 15) is 4.79 Å². The number of imidazole rings is 1. The van der Waals surface area contributed by atoms with Gasteiger partial charge in [0.2, 0.25) is 0 Å². The highest BCUT2D eigenvalue weighted by molar-refractivity contribution is 5.74. The lowest BCUT2D eigenvalue weighted by atomic mass is 10.1. The quantitative estimate of drug-likeness (QED) is 0.821. The maximum absolute atomic E-state index is 12.3. The average Bonchev–Trinajstić information content (AvgIpc) is 3.11. The van der Waals surface area contributed by atoms with Crippen LogP contribution in [-0.2, 0) is 16.5 Å². The molecule has 0 radical (unpaired) electrons. The molecule has 0 spiro atoms. The summed E-state index contributed by atoms with van der Waals surface area (Å²) in [4.78, 5) is 16.6. The van der Waals surface area contributed by atoms with E-state index >= 15 is 0 Å². The largest absolute Gasteiger partial charge is 0.383 e. The van der Waals surface area contributed by atoms with Crippen LogP contribution >= 0.6 is 0 Å². The first-order valence-electron chi connectivity index (χ1n) is 7.84. The van der Waals surface area contributed by atoms with E-state index in [4.69, 9.17) is 9.47 Å². The number of methoxy groups -OCH3 is 1. The van der Waals surface area contributed by atoms with Crippen LogP contribution in [0.15, 0.2) is 12.4 Å². The van der Waals surface area contributed by atoms with Crippen molar-refractivity contribution < 1.29 is 14.3 Å². The number of hydrogen-bond donors (Lipinski definition) is 2. The molecular formula is C15H24N4O3. The molecule has 7 heteroatoms. The van der Waals surface area contributed by atoms with Crippen molar-refractivity contribution in [2.24, 2.45) is 13.0 Å². The fourth-order valence-corrected chi connectivity index (χ4v) is 3.00. The van der Waals surface area contributed by atoms with Crippen molar-refractivity contribution in [3.8, 4) is 0 Å². The summed E-state index contributed by atoms with van der Waals surface area (Å²) in [5.41, 5.74) is 0. The number of rotatable bonds is 6. The number of urea groups is 1. The molecular weight excluding hydrogens is 284 g/mol. The van der Waals surface area contributed by atoms with Crippen molar-refractivity contribution in [2.75, 3.05) is 20.3 Å². The minimum absolute atomic E-state index is 0.0523. The molecule has 1 aromatic rings. The molecule has 3 atom stereocenters. The van der Waals surface area contributed by atoms with Gasteiger partial charge in [0.05, 0.1) is 18.7 Å². The van der Waals surface area contributed by atoms with Gasteiger partial charge in [-0.2, -0.15) is 0 Å². The third-order valence-electron chi connectivity index (χ3n) is 4.37. The first kappa shape index (κ1) is 15.3. The minimum Gasteiger partial charge on any atom is -0.383 e. The van der Waals surface area contributed by atoms with Gasteiger partial charge in [-0.3, -0.25) is 0 Å². The predicted octanol–water partition coefficient (Wildman–Crippen LogP) is 0.974. The molecule has 122 valence electrons. The molecule has 7 nitrogen and oxygen atoms in total. The Balaban J connectivity index is 1.57. The number of ether oxygens (including phenoxy) is 2. The van der Waals surface area contributed by atoms with Crippen LogP contribution in [0.5, 0.6) is 0 Å². The van der Waals surface area contributed by atoms with E-state index in [0.29, 0.717) is 19.1 Å². The predicted molar refractivity (Wildman–Crippen MR) is 80.4 cm³/mol. The maximum Gasteiger partial charge on any atom is 0.315 e. The van der Waals surface area contributed by atoms with E-state index in [-0.39, 0.29) is 24.2 Å². The molecule has 2 aliphatic rings. The molecule has 0 unspecified atom stereocenters. The van der Waals surface area contributed by atoms with Gasteiger partial charge in [0.25, 0.3) is 0 Å². The van der Waals surface area contributed by atoms with Crippen molar-refractivity contribution in [3.63, 3.8) is 0 Å². The molecule has 1 saturated carbocycles. The molecule has 2 heterocycles. The molecule has 2 amide bonds. The zero-order valence-corrected chi connectivity index (χ0v) is 13.1. The van der Waals surface area contributed by atoms with Gasteiger partial charge in [-0.25, -0.2) is 9.78 Å². The summed E-state index contributed by atoms with van der Waals surface area (Å²) < 4.78 is 12.9. The van der Waals surface area contributed by atoms with E-state index in [1.54, 1.807) is 13.3 Å². The van der Waals surface area contributed by atoms with Crippen LogP contribution in [0.2, 0.25) is 0 Å². The summed E-state index contributed by atoms with van der Waals surface area (Å²) in [6.07, 6.45) is 6.57. The monoisotopic (exact) mass is 308 g/mol. The van der Waals surface area contributed by atoms with Gasteiger partial charge >= 0.3 is 6.03 Å². The fourth-order valence-electron chi connectivity index (χ4n) is 3.00. The Kier molecular flexibility index (Phi) is 4.63. The lowest BCUT2D eigenvalue weighted by Crippen LogP contribution is -2.49. The molecule has 1 saturated heterocycles. The fraction of sp³-hybridized carbons (Fsp3) is 0.733. The molecule has 1 aliphatic carbocycles. The highest BCUT2D eigenvalue weighted by Gasteiger charge is 2.36. The van der Waals surface area contributed by atoms with E-state index in [1.165, 1.54) is 0 Å². The summed E-state index contributed by atoms with van der Waals surface area (Å²) in [5, 5.41) is 6.06. The third-order valence-corrected chi connectivity index (χ3v) is 4.37. The van der Waals surface area contributed by atoms with E-state index in [0.717, 1.165) is 25.1 Å². The summed E-state index contributed by atoms with van der Waals surface area (Å²) in [5.74, 6) is 1.40. The first-order chi connectivity index (χ1) is 10.7. The normalized spacial score (nSPS) is 25.9. The molecule has 0 aromatic carbocycles. The second-order valence-electron chi connectivity index (χ2n) is 6.10. The Labute approximate surface area is 130 Å². The highest BCUT2D eigenvalue weighted by atomic mass is 16.5. The highest BCUT2D eigenvalue weighted by Crippen LogP contribution is 2.33. The molecule has 22 heavy (non-hydrogen) atoms. The minimum atomic E-state index is -0.187. The molecule has 1 aliphatic heterocycles. The summed E-state index contributed by atoms with van der Waals surface area (Å²) in [7, 11) is 3.60. The van der Waals surface area contributed by atoms with Gasteiger partial charge in [-0.15, -0.1) is 0 Å². The molecule has 2 fully saturated rings. The topological polar surface area (TPSA) is 77.4 Å². The Morgan fingerprint density at radius 2 is 2.36 bits per heavy atom. The SMILES string of the molecule is COC[C@H](NC(=O)N[C@H]1CCO[C@@H]1c1nccn1C)C1CC1. The number of hydrogen-bond acceptors (Lipinski definition) is 4. The smallest absolute Gasteiger partial charge is 0.315 e. The van der Waals surface area contributed by atoms with Crippen LogP contribution in [0.1, 0.15) is 31.2 Å². The number of nitrogens with one attached hydrogen (secondary N) is 2. The molecule has 2 N–H and O–H groups in total. The second kappa shape index (κ2) is 6.66. The zero-order valence-electron chi connectivity index (χ0n) is 13.1. The molecule has 0 bridgehead atoms. The Morgan fingerprint density at radius 3 is 3.00 bits per heavy atom. The second-order valence-corrected chi connectivity index (χ2v) is 6.10. The summed E-state index contributed by atoms with van der Waals surface area (Å²) >= 11 is 0. The number of aryl methyl sites for hydroxylation is 1. The van der Waals surface area contributed by atoms with Crippen molar-refractivity contribution in [1.29, 1.82) is 0 Å². The number of carbonyl (C=O) groups excluding carboxylic acids is 1.